The minimum absolute atomic E-state index is 0.167. The average molecular weight is 224 g/mol. The molecule has 0 aliphatic heterocycles. The molecule has 0 aromatic carbocycles. The maximum Gasteiger partial charge on any atom is 0.234 e. The van der Waals surface area contributed by atoms with Gasteiger partial charge in [-0.05, 0) is 58.0 Å². The molecule has 0 radical (unpaired) electrons. The number of rotatable bonds is 4. The van der Waals surface area contributed by atoms with Gasteiger partial charge in [-0.1, -0.05) is 6.42 Å². The van der Waals surface area contributed by atoms with Gasteiger partial charge in [0, 0.05) is 6.04 Å². The van der Waals surface area contributed by atoms with Crippen LogP contribution in [0.2, 0.25) is 0 Å². The van der Waals surface area contributed by atoms with E-state index < -0.39 is 0 Å². The Labute approximate surface area is 98.6 Å². The maximum absolute atomic E-state index is 11.7. The Kier molecular flexibility index (Phi) is 3.53. The van der Waals surface area contributed by atoms with E-state index in [9.17, 15) is 4.79 Å². The molecule has 0 unspecified atom stereocenters. The Bertz CT molecular complexity index is 265. The molecule has 2 aliphatic carbocycles. The summed E-state index contributed by atoms with van der Waals surface area (Å²) in [5.41, 5.74) is 0. The van der Waals surface area contributed by atoms with Crippen molar-refractivity contribution in [2.75, 3.05) is 20.6 Å². The van der Waals surface area contributed by atoms with Gasteiger partial charge in [0.2, 0.25) is 5.91 Å². The third-order valence-corrected chi connectivity index (χ3v) is 4.28. The minimum atomic E-state index is 0.167. The molecule has 0 aromatic rings. The molecule has 0 spiro atoms. The van der Waals surface area contributed by atoms with E-state index in [1.54, 1.807) is 0 Å². The first-order valence-electron chi connectivity index (χ1n) is 6.50. The van der Waals surface area contributed by atoms with Crippen LogP contribution in [-0.2, 0) is 4.79 Å². The van der Waals surface area contributed by atoms with E-state index in [1.165, 1.54) is 25.7 Å². The zero-order valence-corrected chi connectivity index (χ0v) is 10.7. The molecular weight excluding hydrogens is 200 g/mol. The molecule has 1 N–H and O–H groups in total. The largest absolute Gasteiger partial charge is 0.352 e. The second-order valence-electron chi connectivity index (χ2n) is 5.93. The molecule has 4 atom stereocenters. The minimum Gasteiger partial charge on any atom is -0.352 e. The lowest BCUT2D eigenvalue weighted by molar-refractivity contribution is -0.122. The number of nitrogens with one attached hydrogen (secondary N) is 1. The second-order valence-corrected chi connectivity index (χ2v) is 5.93. The zero-order chi connectivity index (χ0) is 11.7. The van der Waals surface area contributed by atoms with E-state index in [-0.39, 0.29) is 5.91 Å². The smallest absolute Gasteiger partial charge is 0.234 e. The quantitative estimate of drug-likeness (QED) is 0.784. The Morgan fingerprint density at radius 2 is 2.12 bits per heavy atom. The van der Waals surface area contributed by atoms with Crippen molar-refractivity contribution in [3.63, 3.8) is 0 Å². The monoisotopic (exact) mass is 224 g/mol. The van der Waals surface area contributed by atoms with Crippen molar-refractivity contribution < 1.29 is 4.79 Å². The molecule has 92 valence electrons. The molecule has 0 heterocycles. The normalized spacial score (nSPS) is 34.4. The van der Waals surface area contributed by atoms with Crippen LogP contribution in [0, 0.1) is 17.8 Å². The number of hydrogen-bond acceptors (Lipinski definition) is 2. The van der Waals surface area contributed by atoms with E-state index in [0.29, 0.717) is 12.6 Å². The third kappa shape index (κ3) is 2.57. The average Bonchev–Trinajstić information content (AvgIpc) is 2.76. The summed E-state index contributed by atoms with van der Waals surface area (Å²) >= 11 is 0. The van der Waals surface area contributed by atoms with E-state index in [2.05, 4.69) is 12.2 Å². The summed E-state index contributed by atoms with van der Waals surface area (Å²) in [5.74, 6) is 2.76. The van der Waals surface area contributed by atoms with Crippen molar-refractivity contribution in [1.82, 2.24) is 10.2 Å². The predicted molar refractivity (Wildman–Crippen MR) is 65.1 cm³/mol. The van der Waals surface area contributed by atoms with Gasteiger partial charge in [0.15, 0.2) is 0 Å². The summed E-state index contributed by atoms with van der Waals surface area (Å²) in [6.07, 6.45) is 5.58. The molecule has 3 heteroatoms. The van der Waals surface area contributed by atoms with Crippen LogP contribution in [0.15, 0.2) is 0 Å². The topological polar surface area (TPSA) is 32.3 Å². The summed E-state index contributed by atoms with van der Waals surface area (Å²) in [6.45, 7) is 2.68. The summed E-state index contributed by atoms with van der Waals surface area (Å²) in [7, 11) is 3.86. The standard InChI is InChI=1S/C13H24N2O/c1-9(14-13(16)8-15(2)3)12-7-10-4-5-11(12)6-10/h9-12H,4-8H2,1-3H3,(H,14,16)/t9-,10+,11+,12-/m0/s1. The highest BCUT2D eigenvalue weighted by Gasteiger charge is 2.42. The van der Waals surface area contributed by atoms with Crippen molar-refractivity contribution in [3.8, 4) is 0 Å². The Morgan fingerprint density at radius 3 is 2.62 bits per heavy atom. The highest BCUT2D eigenvalue weighted by molar-refractivity contribution is 5.78. The van der Waals surface area contributed by atoms with Crippen LogP contribution in [0.1, 0.15) is 32.6 Å². The van der Waals surface area contributed by atoms with Crippen molar-refractivity contribution in [2.24, 2.45) is 17.8 Å². The van der Waals surface area contributed by atoms with Crippen LogP contribution in [0.4, 0.5) is 0 Å². The highest BCUT2D eigenvalue weighted by atomic mass is 16.2. The number of carbonyl (C=O) groups excluding carboxylic acids is 1. The van der Waals surface area contributed by atoms with Crippen LogP contribution < -0.4 is 5.32 Å². The third-order valence-electron chi connectivity index (χ3n) is 4.28. The molecule has 2 rings (SSSR count). The number of likely N-dealkylation sites (N-methyl/N-ethyl adjacent to an activating group) is 1. The van der Waals surface area contributed by atoms with Crippen molar-refractivity contribution >= 4 is 5.91 Å². The predicted octanol–water partition coefficient (Wildman–Crippen LogP) is 1.49. The first-order valence-corrected chi connectivity index (χ1v) is 6.50. The Morgan fingerprint density at radius 1 is 1.38 bits per heavy atom. The van der Waals surface area contributed by atoms with Gasteiger partial charge in [0.05, 0.1) is 6.54 Å². The fraction of sp³-hybridized carbons (Fsp3) is 0.923. The molecule has 0 aromatic heterocycles. The SMILES string of the molecule is C[C@H](NC(=O)CN(C)C)[C@@H]1C[C@@H]2CC[C@@H]1C2. The Hall–Kier alpha value is -0.570. The summed E-state index contributed by atoms with van der Waals surface area (Å²) in [5, 5.41) is 3.16. The molecule has 16 heavy (non-hydrogen) atoms. The van der Waals surface area contributed by atoms with Crippen LogP contribution >= 0.6 is 0 Å². The van der Waals surface area contributed by atoms with Gasteiger partial charge < -0.3 is 10.2 Å². The van der Waals surface area contributed by atoms with E-state index in [4.69, 9.17) is 0 Å². The number of carbonyl (C=O) groups is 1. The molecule has 2 fully saturated rings. The van der Waals surface area contributed by atoms with Crippen molar-refractivity contribution in [2.45, 2.75) is 38.6 Å². The summed E-state index contributed by atoms with van der Waals surface area (Å²) in [6, 6.07) is 0.364. The molecular formula is C13H24N2O. The van der Waals surface area contributed by atoms with Gasteiger partial charge in [-0.25, -0.2) is 0 Å². The van der Waals surface area contributed by atoms with E-state index in [1.807, 2.05) is 19.0 Å². The second kappa shape index (κ2) is 4.74. The molecule has 2 bridgehead atoms. The fourth-order valence-electron chi connectivity index (χ4n) is 3.60. The molecule has 1 amide bonds. The number of amides is 1. The first-order chi connectivity index (χ1) is 7.56. The van der Waals surface area contributed by atoms with Gasteiger partial charge in [0.25, 0.3) is 0 Å². The molecule has 0 saturated heterocycles. The molecule has 3 nitrogen and oxygen atoms in total. The number of hydrogen-bond donors (Lipinski definition) is 1. The van der Waals surface area contributed by atoms with Crippen LogP contribution in [0.3, 0.4) is 0 Å². The molecule has 2 saturated carbocycles. The zero-order valence-electron chi connectivity index (χ0n) is 10.7. The first kappa shape index (κ1) is 11.9. The van der Waals surface area contributed by atoms with Crippen molar-refractivity contribution in [3.05, 3.63) is 0 Å². The van der Waals surface area contributed by atoms with Gasteiger partial charge in [-0.2, -0.15) is 0 Å². The van der Waals surface area contributed by atoms with Gasteiger partial charge in [0.1, 0.15) is 0 Å². The lowest BCUT2D eigenvalue weighted by Gasteiger charge is -2.28. The summed E-state index contributed by atoms with van der Waals surface area (Å²) in [4.78, 5) is 13.6. The van der Waals surface area contributed by atoms with Crippen LogP contribution in [-0.4, -0.2) is 37.5 Å². The van der Waals surface area contributed by atoms with Crippen molar-refractivity contribution in [1.29, 1.82) is 0 Å². The lowest BCUT2D eigenvalue weighted by Crippen LogP contribution is -2.43. The van der Waals surface area contributed by atoms with Gasteiger partial charge >= 0.3 is 0 Å². The number of nitrogens with zero attached hydrogens (tertiary/aromatic N) is 1. The number of fused-ring (bicyclic) bond motifs is 2. The van der Waals surface area contributed by atoms with Crippen LogP contribution in [0.5, 0.6) is 0 Å². The Balaban J connectivity index is 1.80. The fourth-order valence-corrected chi connectivity index (χ4v) is 3.60. The summed E-state index contributed by atoms with van der Waals surface area (Å²) < 4.78 is 0. The van der Waals surface area contributed by atoms with E-state index >= 15 is 0 Å². The highest BCUT2D eigenvalue weighted by Crippen LogP contribution is 2.49. The van der Waals surface area contributed by atoms with E-state index in [0.717, 1.165) is 17.8 Å². The maximum atomic E-state index is 11.7. The van der Waals surface area contributed by atoms with Gasteiger partial charge in [-0.15, -0.1) is 0 Å². The molecule has 2 aliphatic rings. The van der Waals surface area contributed by atoms with Crippen LogP contribution in [0.25, 0.3) is 0 Å². The lowest BCUT2D eigenvalue weighted by atomic mass is 9.84. The van der Waals surface area contributed by atoms with Gasteiger partial charge in [-0.3, -0.25) is 4.79 Å².